The highest BCUT2D eigenvalue weighted by atomic mass is 19.1. The summed E-state index contributed by atoms with van der Waals surface area (Å²) in [4.78, 5) is 0. The smallest absolute Gasteiger partial charge is 0.126 e. The van der Waals surface area contributed by atoms with Crippen LogP contribution in [-0.2, 0) is 0 Å². The van der Waals surface area contributed by atoms with Crippen molar-refractivity contribution in [3.63, 3.8) is 0 Å². The minimum atomic E-state index is -0.448. The highest BCUT2D eigenvalue weighted by Crippen LogP contribution is 2.37. The predicted octanol–water partition coefficient (Wildman–Crippen LogP) is 5.04. The molecule has 1 aromatic carbocycles. The second-order valence-electron chi connectivity index (χ2n) is 5.21. The van der Waals surface area contributed by atoms with E-state index in [-0.39, 0.29) is 0 Å². The topological polar surface area (TPSA) is 0 Å². The fourth-order valence-corrected chi connectivity index (χ4v) is 3.00. The van der Waals surface area contributed by atoms with Crippen LogP contribution in [0.5, 0.6) is 0 Å². The molecule has 0 aliphatic heterocycles. The second kappa shape index (κ2) is 5.61. The highest BCUT2D eigenvalue weighted by Gasteiger charge is 2.22. The fraction of sp³-hybridized carbons (Fsp3) is 0.600. The number of rotatable bonds is 3. The molecule has 2 rings (SSSR count). The van der Waals surface area contributed by atoms with Gasteiger partial charge in [-0.15, -0.1) is 0 Å². The van der Waals surface area contributed by atoms with Gasteiger partial charge in [0, 0.05) is 6.07 Å². The molecular weight excluding hydrogens is 218 g/mol. The molecule has 94 valence electrons. The lowest BCUT2D eigenvalue weighted by Gasteiger charge is -2.28. The molecule has 0 bridgehead atoms. The molecule has 0 saturated heterocycles. The lowest BCUT2D eigenvalue weighted by molar-refractivity contribution is 0.307. The Morgan fingerprint density at radius 3 is 2.12 bits per heavy atom. The zero-order valence-electron chi connectivity index (χ0n) is 10.4. The van der Waals surface area contributed by atoms with Crippen LogP contribution in [0.3, 0.4) is 0 Å². The first-order valence-electron chi connectivity index (χ1n) is 6.65. The largest absolute Gasteiger partial charge is 0.207 e. The summed E-state index contributed by atoms with van der Waals surface area (Å²) < 4.78 is 26.3. The first-order valence-corrected chi connectivity index (χ1v) is 6.65. The maximum Gasteiger partial charge on any atom is 0.126 e. The lowest BCUT2D eigenvalue weighted by Crippen LogP contribution is -2.13. The van der Waals surface area contributed by atoms with Crippen molar-refractivity contribution in [2.24, 2.45) is 5.92 Å². The average Bonchev–Trinajstić information content (AvgIpc) is 2.29. The average molecular weight is 238 g/mol. The maximum atomic E-state index is 13.1. The number of hydrogen-bond acceptors (Lipinski definition) is 0. The van der Waals surface area contributed by atoms with Crippen LogP contribution in [0, 0.1) is 17.6 Å². The first-order chi connectivity index (χ1) is 8.19. The molecule has 0 nitrogen and oxygen atoms in total. The Morgan fingerprint density at radius 2 is 1.59 bits per heavy atom. The van der Waals surface area contributed by atoms with Gasteiger partial charge in [-0.05, 0) is 55.2 Å². The van der Waals surface area contributed by atoms with Crippen molar-refractivity contribution < 1.29 is 8.78 Å². The Morgan fingerprint density at radius 1 is 1.00 bits per heavy atom. The van der Waals surface area contributed by atoms with E-state index in [1.54, 1.807) is 0 Å². The van der Waals surface area contributed by atoms with E-state index in [9.17, 15) is 8.78 Å². The highest BCUT2D eigenvalue weighted by molar-refractivity contribution is 5.22. The van der Waals surface area contributed by atoms with E-state index in [0.29, 0.717) is 5.92 Å². The van der Waals surface area contributed by atoms with Crippen molar-refractivity contribution in [1.29, 1.82) is 0 Å². The molecule has 0 heterocycles. The van der Waals surface area contributed by atoms with Crippen LogP contribution in [0.15, 0.2) is 18.2 Å². The van der Waals surface area contributed by atoms with E-state index in [0.717, 1.165) is 30.4 Å². The monoisotopic (exact) mass is 238 g/mol. The Bertz CT molecular complexity index is 345. The van der Waals surface area contributed by atoms with Crippen molar-refractivity contribution in [3.05, 3.63) is 35.4 Å². The molecule has 0 amide bonds. The van der Waals surface area contributed by atoms with E-state index in [2.05, 4.69) is 6.92 Å². The predicted molar refractivity (Wildman–Crippen MR) is 66.0 cm³/mol. The maximum absolute atomic E-state index is 13.1. The molecule has 0 atom stereocenters. The standard InChI is InChI=1S/C15H20F2/c1-2-3-11-4-6-12(7-5-11)13-8-14(16)10-15(17)9-13/h8-12H,2-7H2,1H3/t11-,12-. The van der Waals surface area contributed by atoms with Gasteiger partial charge in [0.1, 0.15) is 11.6 Å². The Labute approximate surface area is 102 Å². The van der Waals surface area contributed by atoms with E-state index in [1.807, 2.05) is 0 Å². The van der Waals surface area contributed by atoms with Crippen LogP contribution < -0.4 is 0 Å². The zero-order chi connectivity index (χ0) is 12.3. The third-order valence-electron chi connectivity index (χ3n) is 3.90. The van der Waals surface area contributed by atoms with Crippen LogP contribution in [-0.4, -0.2) is 0 Å². The molecule has 1 aliphatic carbocycles. The van der Waals surface area contributed by atoms with E-state index < -0.39 is 11.6 Å². The normalized spacial score (nSPS) is 24.9. The molecular formula is C15H20F2. The molecule has 0 N–H and O–H groups in total. The molecule has 17 heavy (non-hydrogen) atoms. The van der Waals surface area contributed by atoms with Crippen molar-refractivity contribution in [2.75, 3.05) is 0 Å². The van der Waals surface area contributed by atoms with Crippen molar-refractivity contribution >= 4 is 0 Å². The van der Waals surface area contributed by atoms with Crippen LogP contribution >= 0.6 is 0 Å². The SMILES string of the molecule is CCC[C@H]1CC[C@H](c2cc(F)cc(F)c2)CC1. The van der Waals surface area contributed by atoms with Crippen LogP contribution in [0.1, 0.15) is 56.9 Å². The molecule has 1 saturated carbocycles. The van der Waals surface area contributed by atoms with Gasteiger partial charge in [-0.25, -0.2) is 8.78 Å². The van der Waals surface area contributed by atoms with E-state index in [1.165, 1.54) is 37.8 Å². The van der Waals surface area contributed by atoms with Gasteiger partial charge in [0.15, 0.2) is 0 Å². The van der Waals surface area contributed by atoms with Gasteiger partial charge >= 0.3 is 0 Å². The molecule has 0 aromatic heterocycles. The molecule has 0 unspecified atom stereocenters. The van der Waals surface area contributed by atoms with Gasteiger partial charge in [-0.3, -0.25) is 0 Å². The van der Waals surface area contributed by atoms with Gasteiger partial charge in [-0.2, -0.15) is 0 Å². The Balaban J connectivity index is 2.00. The number of halogens is 2. The molecule has 0 radical (unpaired) electrons. The lowest BCUT2D eigenvalue weighted by atomic mass is 9.77. The quantitative estimate of drug-likeness (QED) is 0.692. The van der Waals surface area contributed by atoms with Crippen LogP contribution in [0.4, 0.5) is 8.78 Å². The fourth-order valence-electron chi connectivity index (χ4n) is 3.00. The first kappa shape index (κ1) is 12.5. The third-order valence-corrected chi connectivity index (χ3v) is 3.90. The van der Waals surface area contributed by atoms with Gasteiger partial charge in [-0.1, -0.05) is 19.8 Å². The minimum absolute atomic E-state index is 0.355. The molecule has 1 fully saturated rings. The van der Waals surface area contributed by atoms with Crippen molar-refractivity contribution in [3.8, 4) is 0 Å². The van der Waals surface area contributed by atoms with Crippen LogP contribution in [0.25, 0.3) is 0 Å². The summed E-state index contributed by atoms with van der Waals surface area (Å²) in [5.41, 5.74) is 0.845. The number of benzene rings is 1. The Kier molecular flexibility index (Phi) is 4.14. The van der Waals surface area contributed by atoms with Gasteiger partial charge < -0.3 is 0 Å². The second-order valence-corrected chi connectivity index (χ2v) is 5.21. The summed E-state index contributed by atoms with van der Waals surface area (Å²) in [7, 11) is 0. The molecule has 1 aromatic rings. The van der Waals surface area contributed by atoms with Crippen molar-refractivity contribution in [1.82, 2.24) is 0 Å². The van der Waals surface area contributed by atoms with Gasteiger partial charge in [0.05, 0.1) is 0 Å². The summed E-state index contributed by atoms with van der Waals surface area (Å²) in [6, 6.07) is 3.94. The minimum Gasteiger partial charge on any atom is -0.207 e. The Hall–Kier alpha value is -0.920. The number of hydrogen-bond donors (Lipinski definition) is 0. The summed E-state index contributed by atoms with van der Waals surface area (Å²) in [6.45, 7) is 2.22. The van der Waals surface area contributed by atoms with E-state index >= 15 is 0 Å². The summed E-state index contributed by atoms with van der Waals surface area (Å²) in [6.07, 6.45) is 7.10. The molecule has 2 heteroatoms. The third kappa shape index (κ3) is 3.27. The summed E-state index contributed by atoms with van der Waals surface area (Å²) >= 11 is 0. The van der Waals surface area contributed by atoms with Gasteiger partial charge in [0.25, 0.3) is 0 Å². The zero-order valence-corrected chi connectivity index (χ0v) is 10.4. The summed E-state index contributed by atoms with van der Waals surface area (Å²) in [5, 5.41) is 0. The molecule has 1 aliphatic rings. The summed E-state index contributed by atoms with van der Waals surface area (Å²) in [5.74, 6) is 0.286. The van der Waals surface area contributed by atoms with Gasteiger partial charge in [0.2, 0.25) is 0 Å². The van der Waals surface area contributed by atoms with Crippen molar-refractivity contribution in [2.45, 2.75) is 51.4 Å². The molecule has 0 spiro atoms. The van der Waals surface area contributed by atoms with E-state index in [4.69, 9.17) is 0 Å². The van der Waals surface area contributed by atoms with Crippen LogP contribution in [0.2, 0.25) is 0 Å².